The van der Waals surface area contributed by atoms with Crippen LogP contribution in [-0.2, 0) is 16.1 Å². The van der Waals surface area contributed by atoms with E-state index < -0.39 is 5.97 Å². The number of carbonyl (C=O) groups excluding carboxylic acids is 1. The SMILES string of the molecule is COC(=O)c1cc(C#N)c(N2CCC[C@H](OCc3ccccn3)C2)nc1C. The highest BCUT2D eigenvalue weighted by Crippen LogP contribution is 2.25. The third-order valence-electron chi connectivity index (χ3n) is 4.59. The van der Waals surface area contributed by atoms with E-state index in [0.29, 0.717) is 35.8 Å². The highest BCUT2D eigenvalue weighted by Gasteiger charge is 2.25. The zero-order valence-electron chi connectivity index (χ0n) is 15.5. The Morgan fingerprint density at radius 1 is 1.44 bits per heavy atom. The molecule has 1 saturated heterocycles. The van der Waals surface area contributed by atoms with E-state index in [9.17, 15) is 10.1 Å². The summed E-state index contributed by atoms with van der Waals surface area (Å²) in [6.45, 7) is 3.64. The van der Waals surface area contributed by atoms with Crippen molar-refractivity contribution in [3.8, 4) is 6.07 Å². The fraction of sp³-hybridized carbons (Fsp3) is 0.400. The van der Waals surface area contributed by atoms with Crippen molar-refractivity contribution in [2.24, 2.45) is 0 Å². The van der Waals surface area contributed by atoms with Crippen molar-refractivity contribution in [3.63, 3.8) is 0 Å². The largest absolute Gasteiger partial charge is 0.465 e. The molecule has 7 heteroatoms. The Labute approximate surface area is 158 Å². The van der Waals surface area contributed by atoms with Gasteiger partial charge in [0.2, 0.25) is 0 Å². The van der Waals surface area contributed by atoms with E-state index in [1.54, 1.807) is 19.2 Å². The van der Waals surface area contributed by atoms with Crippen LogP contribution in [0.15, 0.2) is 30.5 Å². The van der Waals surface area contributed by atoms with Gasteiger partial charge in [-0.2, -0.15) is 5.26 Å². The molecule has 1 atom stereocenters. The maximum absolute atomic E-state index is 11.9. The zero-order chi connectivity index (χ0) is 19.2. The Bertz CT molecular complexity index is 848. The molecule has 2 aromatic rings. The molecular formula is C20H22N4O3. The van der Waals surface area contributed by atoms with Crippen molar-refractivity contribution in [1.29, 1.82) is 5.26 Å². The molecule has 1 aliphatic rings. The molecule has 3 heterocycles. The summed E-state index contributed by atoms with van der Waals surface area (Å²) in [6, 6.07) is 9.46. The van der Waals surface area contributed by atoms with Crippen LogP contribution in [0.5, 0.6) is 0 Å². The van der Waals surface area contributed by atoms with Crippen LogP contribution < -0.4 is 4.90 Å². The lowest BCUT2D eigenvalue weighted by atomic mass is 10.1. The minimum Gasteiger partial charge on any atom is -0.465 e. The highest BCUT2D eigenvalue weighted by molar-refractivity contribution is 5.91. The van der Waals surface area contributed by atoms with Crippen LogP contribution in [0, 0.1) is 18.3 Å². The summed E-state index contributed by atoms with van der Waals surface area (Å²) in [6.07, 6.45) is 3.68. The Kier molecular flexibility index (Phi) is 5.99. The molecule has 0 saturated carbocycles. The summed E-state index contributed by atoms with van der Waals surface area (Å²) < 4.78 is 10.8. The van der Waals surface area contributed by atoms with Gasteiger partial charge in [0.05, 0.1) is 42.3 Å². The summed E-state index contributed by atoms with van der Waals surface area (Å²) in [5.74, 6) is 0.104. The monoisotopic (exact) mass is 366 g/mol. The molecule has 0 aliphatic carbocycles. The quantitative estimate of drug-likeness (QED) is 0.752. The Balaban J connectivity index is 1.74. The van der Waals surface area contributed by atoms with Gasteiger partial charge < -0.3 is 14.4 Å². The first-order chi connectivity index (χ1) is 13.1. The fourth-order valence-electron chi connectivity index (χ4n) is 3.19. The van der Waals surface area contributed by atoms with E-state index in [1.807, 2.05) is 18.2 Å². The van der Waals surface area contributed by atoms with Gasteiger partial charge in [0.1, 0.15) is 11.9 Å². The van der Waals surface area contributed by atoms with Crippen molar-refractivity contribution >= 4 is 11.8 Å². The zero-order valence-corrected chi connectivity index (χ0v) is 15.5. The molecule has 0 spiro atoms. The molecule has 0 amide bonds. The smallest absolute Gasteiger partial charge is 0.339 e. The van der Waals surface area contributed by atoms with Crippen LogP contribution in [0.3, 0.4) is 0 Å². The molecule has 0 N–H and O–H groups in total. The van der Waals surface area contributed by atoms with Gasteiger partial charge in [-0.3, -0.25) is 4.98 Å². The number of piperidine rings is 1. The average molecular weight is 366 g/mol. The Morgan fingerprint density at radius 2 is 2.30 bits per heavy atom. The molecule has 27 heavy (non-hydrogen) atoms. The third-order valence-corrected chi connectivity index (χ3v) is 4.59. The van der Waals surface area contributed by atoms with Gasteiger partial charge in [-0.1, -0.05) is 6.07 Å². The van der Waals surface area contributed by atoms with Crippen molar-refractivity contribution in [1.82, 2.24) is 9.97 Å². The van der Waals surface area contributed by atoms with Gasteiger partial charge in [-0.05, 0) is 38.0 Å². The first-order valence-corrected chi connectivity index (χ1v) is 8.89. The molecule has 0 unspecified atom stereocenters. The second-order valence-corrected chi connectivity index (χ2v) is 6.44. The van der Waals surface area contributed by atoms with E-state index in [2.05, 4.69) is 20.9 Å². The Morgan fingerprint density at radius 3 is 3.00 bits per heavy atom. The highest BCUT2D eigenvalue weighted by atomic mass is 16.5. The number of nitrogens with zero attached hydrogens (tertiary/aromatic N) is 4. The van der Waals surface area contributed by atoms with E-state index in [0.717, 1.165) is 25.1 Å². The lowest BCUT2D eigenvalue weighted by molar-refractivity contribution is 0.0297. The van der Waals surface area contributed by atoms with Crippen molar-refractivity contribution in [3.05, 3.63) is 53.0 Å². The normalized spacial score (nSPS) is 16.6. The fourth-order valence-corrected chi connectivity index (χ4v) is 3.19. The molecule has 0 radical (unpaired) electrons. The summed E-state index contributed by atoms with van der Waals surface area (Å²) in [5.41, 5.74) is 2.13. The number of aryl methyl sites for hydroxylation is 1. The molecule has 7 nitrogen and oxygen atoms in total. The molecule has 0 bridgehead atoms. The van der Waals surface area contributed by atoms with Crippen LogP contribution in [0.2, 0.25) is 0 Å². The molecule has 2 aromatic heterocycles. The number of anilines is 1. The topological polar surface area (TPSA) is 88.3 Å². The number of rotatable bonds is 5. The maximum Gasteiger partial charge on any atom is 0.339 e. The van der Waals surface area contributed by atoms with Gasteiger partial charge in [0, 0.05) is 19.3 Å². The number of hydrogen-bond donors (Lipinski definition) is 0. The third kappa shape index (κ3) is 4.41. The second-order valence-electron chi connectivity index (χ2n) is 6.44. The lowest BCUT2D eigenvalue weighted by Gasteiger charge is -2.34. The van der Waals surface area contributed by atoms with Crippen LogP contribution >= 0.6 is 0 Å². The molecule has 1 aliphatic heterocycles. The first kappa shape index (κ1) is 18.8. The van der Waals surface area contributed by atoms with E-state index >= 15 is 0 Å². The molecule has 140 valence electrons. The number of aromatic nitrogens is 2. The summed E-state index contributed by atoms with van der Waals surface area (Å²) in [5, 5.41) is 9.53. The number of ether oxygens (including phenoxy) is 2. The lowest BCUT2D eigenvalue weighted by Crippen LogP contribution is -2.40. The molecule has 1 fully saturated rings. The first-order valence-electron chi connectivity index (χ1n) is 8.89. The van der Waals surface area contributed by atoms with Crippen LogP contribution in [-0.4, -0.2) is 42.2 Å². The summed E-state index contributed by atoms with van der Waals surface area (Å²) >= 11 is 0. The van der Waals surface area contributed by atoms with Gasteiger partial charge in [0.25, 0.3) is 0 Å². The molecular weight excluding hydrogens is 344 g/mol. The minimum atomic E-state index is -0.488. The predicted octanol–water partition coefficient (Wildman–Crippen LogP) is 2.63. The second kappa shape index (κ2) is 8.60. The van der Waals surface area contributed by atoms with Crippen molar-refractivity contribution in [2.75, 3.05) is 25.1 Å². The number of carbonyl (C=O) groups is 1. The van der Waals surface area contributed by atoms with E-state index in [1.165, 1.54) is 7.11 Å². The van der Waals surface area contributed by atoms with Crippen molar-refractivity contribution in [2.45, 2.75) is 32.5 Å². The number of esters is 1. The predicted molar refractivity (Wildman–Crippen MR) is 99.3 cm³/mol. The van der Waals surface area contributed by atoms with Gasteiger partial charge in [-0.15, -0.1) is 0 Å². The maximum atomic E-state index is 11.9. The Hall–Kier alpha value is -2.98. The van der Waals surface area contributed by atoms with Gasteiger partial charge in [-0.25, -0.2) is 9.78 Å². The number of nitriles is 1. The van der Waals surface area contributed by atoms with Crippen LogP contribution in [0.4, 0.5) is 5.82 Å². The van der Waals surface area contributed by atoms with Crippen molar-refractivity contribution < 1.29 is 14.3 Å². The van der Waals surface area contributed by atoms with Gasteiger partial charge in [0.15, 0.2) is 0 Å². The van der Waals surface area contributed by atoms with Crippen LogP contribution in [0.25, 0.3) is 0 Å². The van der Waals surface area contributed by atoms with E-state index in [-0.39, 0.29) is 6.10 Å². The minimum absolute atomic E-state index is 0.0367. The summed E-state index contributed by atoms with van der Waals surface area (Å²) in [4.78, 5) is 22.7. The summed E-state index contributed by atoms with van der Waals surface area (Å²) in [7, 11) is 1.32. The number of hydrogen-bond acceptors (Lipinski definition) is 7. The number of methoxy groups -OCH3 is 1. The average Bonchev–Trinajstić information content (AvgIpc) is 2.72. The standard InChI is InChI=1S/C20H22N4O3/c1-14-18(20(25)26-2)10-15(11-21)19(23-14)24-9-5-7-17(12-24)27-13-16-6-3-4-8-22-16/h3-4,6,8,10,17H,5,7,9,12-13H2,1-2H3/t17-/m0/s1. The van der Waals surface area contributed by atoms with Gasteiger partial charge >= 0.3 is 5.97 Å². The molecule has 3 rings (SSSR count). The molecule has 0 aromatic carbocycles. The van der Waals surface area contributed by atoms with E-state index in [4.69, 9.17) is 9.47 Å². The van der Waals surface area contributed by atoms with Crippen LogP contribution in [0.1, 0.15) is 40.2 Å². The number of pyridine rings is 2.